The molecule has 8 aromatic rings. The van der Waals surface area contributed by atoms with E-state index in [2.05, 4.69) is 72.1 Å². The number of nitrogens with zero attached hydrogens (tertiary/aromatic N) is 16. The second kappa shape index (κ2) is 23.8. The first-order chi connectivity index (χ1) is 41.8. The number of hydrogen-bond acceptors (Lipinski definition) is 35. The molecule has 6 fully saturated rings. The molecule has 4 unspecified atom stereocenters. The summed E-state index contributed by atoms with van der Waals surface area (Å²) in [5.41, 5.74) is 20.7. The molecule has 0 aromatic carbocycles. The standard InChI is InChI=1S/C21H25N9O10P2S2.C20H24N10O10P2S2/c1-8-11-18(25-4-23-8)29(6-27-11)20-13(31)15-9(37-20)2-35-42(34,44)40-16-10(3-36-41(33,43)39-15)38-21(14(16)32)30-7-28-12-17(22)24-5-26-19(12)30;21-15-9-17(25-3-23-15)29(5-27-9)19-11(31)13-7(37-19)1-35-41(33,43)40-14-8(2-36-42(34,44)39-13)38-20(12(14)32)30-6-28-10-16(22)24-4-26-18(10)30/h4-7,9-10,13-16,20-21,31-32H,2-3H2,1H3,(H,33,43)(H,34,44)(H2,22,24,26);3-8,11-14,19-20,31-32H,1-2H2,(H,33,43)(H,34,44)(H2,21,23,25)(H2,22,24,26)/t9-,10-,13-,14-,15-,16-,20-,21-,41?,42?;7-,8-,11-,12-,13-,14-,19-,20-,41?,42?/m00/s1. The summed E-state index contributed by atoms with van der Waals surface area (Å²) in [5.74, 6) is 0.336. The van der Waals surface area contributed by atoms with Crippen LogP contribution in [-0.4, -0.2) is 213 Å². The van der Waals surface area contributed by atoms with Crippen LogP contribution in [0.15, 0.2) is 50.6 Å². The van der Waals surface area contributed by atoms with Crippen LogP contribution in [0.4, 0.5) is 17.5 Å². The van der Waals surface area contributed by atoms with Crippen LogP contribution in [0.3, 0.4) is 0 Å². The fraction of sp³-hybridized carbons (Fsp3) is 0.512. The third-order valence-electron chi connectivity index (χ3n) is 14.7. The fourth-order valence-electron chi connectivity index (χ4n) is 10.6. The van der Waals surface area contributed by atoms with Gasteiger partial charge in [-0.05, 0) is 42.3 Å². The van der Waals surface area contributed by atoms with Crippen LogP contribution >= 0.6 is 39.2 Å². The van der Waals surface area contributed by atoms with Gasteiger partial charge >= 0.3 is 27.0 Å². The van der Waals surface area contributed by atoms with E-state index in [1.54, 1.807) is 6.92 Å². The van der Waals surface area contributed by atoms with Crippen molar-refractivity contribution in [3.8, 4) is 0 Å². The molecule has 0 aliphatic carbocycles. The summed E-state index contributed by atoms with van der Waals surface area (Å²) < 4.78 is 88.3. The molecule has 13 N–H and O–H groups in total. The molecule has 0 saturated carbocycles. The molecule has 14 heterocycles. The number of hydrogen-bond donors (Lipinski definition) is 11. The third kappa shape index (κ3) is 11.8. The molecule has 14 rings (SSSR count). The summed E-state index contributed by atoms with van der Waals surface area (Å²) in [7, 11) is 0. The van der Waals surface area contributed by atoms with Crippen LogP contribution in [0.25, 0.3) is 44.7 Å². The lowest BCUT2D eigenvalue weighted by Gasteiger charge is -2.30. The number of anilines is 3. The van der Waals surface area contributed by atoms with Gasteiger partial charge in [-0.15, -0.1) is 0 Å². The molecule has 0 bridgehead atoms. The largest absolute Gasteiger partial charge is 0.386 e. The van der Waals surface area contributed by atoms with Crippen LogP contribution in [0.1, 0.15) is 30.6 Å². The third-order valence-corrected chi connectivity index (χ3v) is 21.0. The summed E-state index contributed by atoms with van der Waals surface area (Å²) in [5, 5.41) is 45.1. The Hall–Kier alpha value is -4.63. The van der Waals surface area contributed by atoms with Crippen molar-refractivity contribution in [1.29, 1.82) is 0 Å². The van der Waals surface area contributed by atoms with Crippen molar-refractivity contribution in [2.45, 2.75) is 105 Å². The average Bonchev–Trinajstić information content (AvgIpc) is 3.34. The monoisotopic (exact) mass is 1380 g/mol. The van der Waals surface area contributed by atoms with Gasteiger partial charge in [0.05, 0.1) is 57.4 Å². The molecule has 0 spiro atoms. The highest BCUT2D eigenvalue weighted by Gasteiger charge is 2.55. The molecule has 47 heteroatoms. The van der Waals surface area contributed by atoms with E-state index in [0.717, 1.165) is 0 Å². The number of rotatable bonds is 4. The number of aryl methyl sites for hydroxylation is 1. The van der Waals surface area contributed by atoms with Gasteiger partial charge in [0.25, 0.3) is 0 Å². The van der Waals surface area contributed by atoms with Crippen molar-refractivity contribution in [3.05, 3.63) is 56.3 Å². The first-order valence-electron chi connectivity index (χ1n) is 25.7. The van der Waals surface area contributed by atoms with Crippen LogP contribution in [0, 0.1) is 6.92 Å². The Labute approximate surface area is 512 Å². The normalized spacial score (nSPS) is 38.3. The van der Waals surface area contributed by atoms with E-state index < -0.39 is 152 Å². The minimum atomic E-state index is -4.24. The summed E-state index contributed by atoms with van der Waals surface area (Å²) in [4.78, 5) is 82.4. The SMILES string of the molecule is Cc1ncnc2c1ncn2[C@H]1O[C@H]2COP(O)(=S)O[C@@H]3[C@H](O)[C@@H](n4cnc5c(N)ncnc54)O[C@H]3COP(=O)(S)O[C@@H]2[C@@H]1O.Nc1ncnc2c1ncn2[C@H]1O[C@H]2COP(O)(=S)O[C@@H]3[C@H](O)[C@@H](n4cnc5c(N)ncnc54)O[C@H]3COP(O)(=S)O[C@@H]2[C@@H]1O. The molecule has 0 radical (unpaired) electrons. The number of ether oxygens (including phenoxy) is 4. The Kier molecular flexibility index (Phi) is 16.8. The highest BCUT2D eigenvalue weighted by atomic mass is 32.7. The molecule has 6 saturated heterocycles. The van der Waals surface area contributed by atoms with E-state index in [1.807, 2.05) is 0 Å². The molecule has 6 aliphatic rings. The summed E-state index contributed by atoms with van der Waals surface area (Å²) in [6.07, 6.45) is -10.0. The zero-order chi connectivity index (χ0) is 61.9. The topological polar surface area (TPSA) is 522 Å². The molecular formula is C41H49N19O20P4S4. The molecule has 6 aliphatic heterocycles. The Morgan fingerprint density at radius 1 is 0.443 bits per heavy atom. The van der Waals surface area contributed by atoms with E-state index in [9.17, 15) is 39.7 Å². The number of fused-ring (bicyclic) bond motifs is 8. The van der Waals surface area contributed by atoms with Gasteiger partial charge in [-0.3, -0.25) is 40.9 Å². The quantitative estimate of drug-likeness (QED) is 0.0724. The minimum Gasteiger partial charge on any atom is -0.386 e. The van der Waals surface area contributed by atoms with E-state index in [-0.39, 0.29) is 50.9 Å². The van der Waals surface area contributed by atoms with Crippen molar-refractivity contribution >= 4 is 137 Å². The number of aliphatic hydroxyl groups excluding tert-OH is 4. The lowest BCUT2D eigenvalue weighted by atomic mass is 10.1. The van der Waals surface area contributed by atoms with Crippen molar-refractivity contribution in [3.63, 3.8) is 0 Å². The van der Waals surface area contributed by atoms with Crippen LogP contribution in [-0.2, 0) is 95.1 Å². The van der Waals surface area contributed by atoms with E-state index in [0.29, 0.717) is 16.9 Å². The Balaban J connectivity index is 0.000000162. The lowest BCUT2D eigenvalue weighted by molar-refractivity contribution is -0.0593. The van der Waals surface area contributed by atoms with Gasteiger partial charge in [0.15, 0.2) is 65.0 Å². The van der Waals surface area contributed by atoms with Gasteiger partial charge in [-0.2, -0.15) is 0 Å². The van der Waals surface area contributed by atoms with E-state index >= 15 is 0 Å². The van der Waals surface area contributed by atoms with Crippen molar-refractivity contribution in [2.75, 3.05) is 43.6 Å². The first kappa shape index (κ1) is 62.2. The van der Waals surface area contributed by atoms with Crippen molar-refractivity contribution < 1.29 is 94.8 Å². The highest BCUT2D eigenvalue weighted by molar-refractivity contribution is 8.44. The number of nitrogens with two attached hydrogens (primary N) is 3. The Morgan fingerprint density at radius 3 is 1.05 bits per heavy atom. The summed E-state index contributed by atoms with van der Waals surface area (Å²) in [6, 6.07) is 0. The van der Waals surface area contributed by atoms with Gasteiger partial charge in [0.1, 0.15) is 121 Å². The van der Waals surface area contributed by atoms with E-state index in [1.165, 1.54) is 68.9 Å². The molecule has 39 nitrogen and oxygen atoms in total. The first-order valence-corrected chi connectivity index (χ1v) is 36.2. The van der Waals surface area contributed by atoms with Gasteiger partial charge in [0, 0.05) is 0 Å². The number of imidazole rings is 4. The van der Waals surface area contributed by atoms with Gasteiger partial charge in [-0.25, -0.2) is 64.4 Å². The molecule has 0 amide bonds. The molecule has 8 aromatic heterocycles. The Bertz CT molecular complexity index is 3660. The maximum atomic E-state index is 13.4. The fourth-order valence-corrected chi connectivity index (χ4v) is 16.4. The molecular weight excluding hydrogens is 1330 g/mol. The molecule has 88 heavy (non-hydrogen) atoms. The minimum absolute atomic E-state index is 0.112. The maximum Gasteiger partial charge on any atom is 0.386 e. The van der Waals surface area contributed by atoms with Crippen LogP contribution in [0.5, 0.6) is 0 Å². The lowest BCUT2D eigenvalue weighted by Crippen LogP contribution is -2.39. The zero-order valence-electron chi connectivity index (χ0n) is 44.5. The number of aromatic nitrogens is 16. The predicted octanol–water partition coefficient (Wildman–Crippen LogP) is -1.26. The average molecular weight is 1380 g/mol. The number of nitrogen functional groups attached to an aromatic ring is 3. The Morgan fingerprint density at radius 2 is 0.716 bits per heavy atom. The van der Waals surface area contributed by atoms with Crippen LogP contribution < -0.4 is 17.2 Å². The second-order valence-corrected chi connectivity index (χ2v) is 31.3. The van der Waals surface area contributed by atoms with Gasteiger partial charge in [0.2, 0.25) is 0 Å². The molecule has 20 atom stereocenters. The van der Waals surface area contributed by atoms with E-state index in [4.69, 9.17) is 108 Å². The van der Waals surface area contributed by atoms with Crippen molar-refractivity contribution in [1.82, 2.24) is 78.1 Å². The molecule has 472 valence electrons. The van der Waals surface area contributed by atoms with Crippen LogP contribution in [0.2, 0.25) is 0 Å². The number of thiol groups is 1. The van der Waals surface area contributed by atoms with Gasteiger partial charge < -0.3 is 84.8 Å². The maximum absolute atomic E-state index is 13.4. The van der Waals surface area contributed by atoms with Gasteiger partial charge in [-0.1, -0.05) is 12.2 Å². The summed E-state index contributed by atoms with van der Waals surface area (Å²) in [6.45, 7) is -16.8. The second-order valence-electron chi connectivity index (χ2n) is 20.1. The van der Waals surface area contributed by atoms with Crippen molar-refractivity contribution in [2.24, 2.45) is 0 Å². The predicted molar refractivity (Wildman–Crippen MR) is 308 cm³/mol. The zero-order valence-corrected chi connectivity index (χ0v) is 51.4. The smallest absolute Gasteiger partial charge is 0.386 e. The number of aliphatic hydroxyl groups is 4. The summed E-state index contributed by atoms with van der Waals surface area (Å²) >= 11 is 19.8. The highest BCUT2D eigenvalue weighted by Crippen LogP contribution is 2.59.